The Morgan fingerprint density at radius 2 is 1.79 bits per heavy atom. The number of nitrogens with one attached hydrogen (secondary N) is 2. The van der Waals surface area contributed by atoms with E-state index in [0.717, 1.165) is 5.56 Å². The summed E-state index contributed by atoms with van der Waals surface area (Å²) in [6.45, 7) is 6.39. The van der Waals surface area contributed by atoms with Crippen molar-refractivity contribution in [1.82, 2.24) is 30.0 Å². The molecule has 212 valence electrons. The molecule has 4 aromatic heterocycles. The average Bonchev–Trinajstić information content (AvgIpc) is 3.57. The molecule has 5 heterocycles. The molecule has 6 rings (SSSR count). The topological polar surface area (TPSA) is 142 Å². The molecule has 0 unspecified atom stereocenters. The maximum Gasteiger partial charge on any atom is 0.261 e. The average molecular weight is 563 g/mol. The molecule has 0 saturated heterocycles. The van der Waals surface area contributed by atoms with Crippen molar-refractivity contribution in [3.63, 3.8) is 0 Å². The van der Waals surface area contributed by atoms with Gasteiger partial charge in [0.25, 0.3) is 11.8 Å². The molecule has 1 aliphatic rings. The number of anilines is 3. The van der Waals surface area contributed by atoms with Gasteiger partial charge in [-0.05, 0) is 50.6 Å². The first-order valence-corrected chi connectivity index (χ1v) is 13.7. The van der Waals surface area contributed by atoms with E-state index in [-0.39, 0.29) is 18.4 Å². The zero-order chi connectivity index (χ0) is 29.3. The van der Waals surface area contributed by atoms with Gasteiger partial charge in [-0.15, -0.1) is 0 Å². The number of carbonyl (C=O) groups excluding carboxylic acids is 1. The fourth-order valence-electron chi connectivity index (χ4n) is 5.22. The predicted molar refractivity (Wildman–Crippen MR) is 158 cm³/mol. The summed E-state index contributed by atoms with van der Waals surface area (Å²) >= 11 is 0. The van der Waals surface area contributed by atoms with Gasteiger partial charge in [0.2, 0.25) is 5.82 Å². The largest absolute Gasteiger partial charge is 0.394 e. The number of hydrogen-bond acceptors (Lipinski definition) is 10. The Balaban J connectivity index is 1.36. The van der Waals surface area contributed by atoms with Crippen molar-refractivity contribution in [2.75, 3.05) is 23.8 Å². The Morgan fingerprint density at radius 1 is 0.976 bits per heavy atom. The molecule has 1 amide bonds. The van der Waals surface area contributed by atoms with Crippen molar-refractivity contribution in [2.45, 2.75) is 32.4 Å². The number of aliphatic hydroxyl groups excluding tert-OH is 1. The summed E-state index contributed by atoms with van der Waals surface area (Å²) < 4.78 is 5.62. The third-order valence-corrected chi connectivity index (χ3v) is 7.37. The fourth-order valence-corrected chi connectivity index (χ4v) is 5.22. The van der Waals surface area contributed by atoms with Gasteiger partial charge in [-0.1, -0.05) is 41.6 Å². The van der Waals surface area contributed by atoms with Crippen LogP contribution >= 0.6 is 0 Å². The van der Waals surface area contributed by atoms with E-state index in [1.54, 1.807) is 36.7 Å². The third kappa shape index (κ3) is 4.94. The number of aromatic nitrogens is 5. The minimum Gasteiger partial charge on any atom is -0.394 e. The molecule has 1 atom stereocenters. The predicted octanol–water partition coefficient (Wildman–Crippen LogP) is 5.19. The number of fused-ring (bicyclic) bond motifs is 1. The molecule has 42 heavy (non-hydrogen) atoms. The van der Waals surface area contributed by atoms with Crippen LogP contribution in [-0.4, -0.2) is 54.2 Å². The standard InChI is InChI=1S/C31H30N8O3/c1-4-39-30(41)20-13-14-25(36-27(20)31(39,2)3)35-26-16-23(34-24(18-40)19-10-6-5-7-11-19)21(17-33-26)29-37-28(38-42-29)22-12-8-9-15-32-22/h5-17,24,40H,4,18H2,1-3H3,(H2,33,34,35,36)/t24-/m1/s1. The van der Waals surface area contributed by atoms with E-state index in [9.17, 15) is 9.90 Å². The number of amides is 1. The molecule has 5 aromatic rings. The van der Waals surface area contributed by atoms with E-state index in [0.29, 0.717) is 52.2 Å². The maximum atomic E-state index is 12.9. The van der Waals surface area contributed by atoms with Crippen LogP contribution in [0.4, 0.5) is 17.3 Å². The Hall–Kier alpha value is -5.16. The van der Waals surface area contributed by atoms with E-state index in [2.05, 4.69) is 30.7 Å². The molecular formula is C31H30N8O3. The van der Waals surface area contributed by atoms with E-state index < -0.39 is 11.6 Å². The normalized spacial score (nSPS) is 14.5. The van der Waals surface area contributed by atoms with Crippen molar-refractivity contribution in [2.24, 2.45) is 0 Å². The van der Waals surface area contributed by atoms with Gasteiger partial charge in [0.05, 0.1) is 40.7 Å². The Labute approximate surface area is 242 Å². The second-order valence-corrected chi connectivity index (χ2v) is 10.4. The Bertz CT molecular complexity index is 1720. The second kappa shape index (κ2) is 11.0. The van der Waals surface area contributed by atoms with Crippen LogP contribution in [0, 0.1) is 0 Å². The van der Waals surface area contributed by atoms with Crippen LogP contribution in [0.5, 0.6) is 0 Å². The lowest BCUT2D eigenvalue weighted by molar-refractivity contribution is 0.0631. The van der Waals surface area contributed by atoms with Crippen molar-refractivity contribution in [3.05, 3.63) is 95.9 Å². The molecule has 0 radical (unpaired) electrons. The molecule has 0 saturated carbocycles. The molecule has 0 spiro atoms. The van der Waals surface area contributed by atoms with Crippen molar-refractivity contribution < 1.29 is 14.4 Å². The molecule has 0 fully saturated rings. The van der Waals surface area contributed by atoms with Crippen LogP contribution in [0.2, 0.25) is 0 Å². The van der Waals surface area contributed by atoms with Crippen LogP contribution in [0.25, 0.3) is 23.0 Å². The number of rotatable bonds is 9. The zero-order valence-corrected chi connectivity index (χ0v) is 23.4. The fraction of sp³-hybridized carbons (Fsp3) is 0.226. The first-order chi connectivity index (χ1) is 20.4. The molecule has 1 aromatic carbocycles. The highest BCUT2D eigenvalue weighted by atomic mass is 16.5. The number of hydrogen-bond donors (Lipinski definition) is 3. The van der Waals surface area contributed by atoms with Gasteiger partial charge in [0.1, 0.15) is 17.3 Å². The second-order valence-electron chi connectivity index (χ2n) is 10.4. The number of benzene rings is 1. The summed E-state index contributed by atoms with van der Waals surface area (Å²) in [5, 5.41) is 21.1. The third-order valence-electron chi connectivity index (χ3n) is 7.37. The summed E-state index contributed by atoms with van der Waals surface area (Å²) in [7, 11) is 0. The smallest absolute Gasteiger partial charge is 0.261 e. The molecule has 11 nitrogen and oxygen atoms in total. The number of pyridine rings is 3. The minimum atomic E-state index is -0.532. The lowest BCUT2D eigenvalue weighted by Crippen LogP contribution is -2.39. The minimum absolute atomic E-state index is 0.0221. The molecule has 0 bridgehead atoms. The quantitative estimate of drug-likeness (QED) is 0.220. The molecule has 3 N–H and O–H groups in total. The van der Waals surface area contributed by atoms with E-state index in [1.807, 2.05) is 68.1 Å². The highest BCUT2D eigenvalue weighted by molar-refractivity contribution is 5.99. The van der Waals surface area contributed by atoms with Gasteiger partial charge < -0.3 is 25.2 Å². The zero-order valence-electron chi connectivity index (χ0n) is 23.4. The van der Waals surface area contributed by atoms with Crippen molar-refractivity contribution in [1.29, 1.82) is 0 Å². The van der Waals surface area contributed by atoms with Crippen LogP contribution in [0.1, 0.15) is 48.4 Å². The summed E-state index contributed by atoms with van der Waals surface area (Å²) in [5.74, 6) is 1.62. The monoisotopic (exact) mass is 562 g/mol. The van der Waals surface area contributed by atoms with Gasteiger partial charge in [-0.2, -0.15) is 4.98 Å². The van der Waals surface area contributed by atoms with Crippen LogP contribution in [0.3, 0.4) is 0 Å². The lowest BCUT2D eigenvalue weighted by Gasteiger charge is -2.30. The maximum absolute atomic E-state index is 12.9. The van der Waals surface area contributed by atoms with Gasteiger partial charge in [-0.25, -0.2) is 9.97 Å². The van der Waals surface area contributed by atoms with E-state index in [1.165, 1.54) is 0 Å². The van der Waals surface area contributed by atoms with Crippen LogP contribution in [0.15, 0.2) is 83.6 Å². The molecule has 11 heteroatoms. The van der Waals surface area contributed by atoms with Gasteiger partial charge in [0, 0.05) is 25.0 Å². The first-order valence-electron chi connectivity index (χ1n) is 13.7. The number of nitrogens with zero attached hydrogens (tertiary/aromatic N) is 6. The summed E-state index contributed by atoms with van der Waals surface area (Å²) in [6.07, 6.45) is 3.29. The highest BCUT2D eigenvalue weighted by Crippen LogP contribution is 2.38. The van der Waals surface area contributed by atoms with E-state index >= 15 is 0 Å². The summed E-state index contributed by atoms with van der Waals surface area (Å²) in [6, 6.07) is 20.1. The number of aliphatic hydroxyl groups is 1. The summed E-state index contributed by atoms with van der Waals surface area (Å²) in [5.41, 5.74) is 3.44. The molecular weight excluding hydrogens is 532 g/mol. The van der Waals surface area contributed by atoms with E-state index in [4.69, 9.17) is 9.51 Å². The summed E-state index contributed by atoms with van der Waals surface area (Å²) in [4.78, 5) is 32.9. The van der Waals surface area contributed by atoms with Crippen molar-refractivity contribution in [3.8, 4) is 23.0 Å². The van der Waals surface area contributed by atoms with Crippen LogP contribution in [-0.2, 0) is 5.54 Å². The SMILES string of the molecule is CCN1C(=O)c2ccc(Nc3cc(N[C@H](CO)c4ccccc4)c(-c4nc(-c5ccccn5)no4)cn3)nc2C1(C)C. The van der Waals surface area contributed by atoms with Gasteiger partial charge in [0.15, 0.2) is 0 Å². The Morgan fingerprint density at radius 3 is 2.52 bits per heavy atom. The van der Waals surface area contributed by atoms with Crippen LogP contribution < -0.4 is 10.6 Å². The van der Waals surface area contributed by atoms with Gasteiger partial charge >= 0.3 is 0 Å². The van der Waals surface area contributed by atoms with Gasteiger partial charge in [-0.3, -0.25) is 9.78 Å². The first kappa shape index (κ1) is 27.0. The Kier molecular flexibility index (Phi) is 7.09. The number of carbonyl (C=O) groups is 1. The highest BCUT2D eigenvalue weighted by Gasteiger charge is 2.43. The van der Waals surface area contributed by atoms with Crippen molar-refractivity contribution >= 4 is 23.2 Å². The molecule has 1 aliphatic heterocycles. The molecule has 0 aliphatic carbocycles. The lowest BCUT2D eigenvalue weighted by atomic mass is 9.99.